The number of hydrogen-bond acceptors (Lipinski definition) is 3. The first-order chi connectivity index (χ1) is 21.3. The number of aromatic nitrogens is 2. The van der Waals surface area contributed by atoms with Crippen LogP contribution in [0.3, 0.4) is 0 Å². The van der Waals surface area contributed by atoms with E-state index in [1.807, 2.05) is 42.5 Å². The minimum absolute atomic E-state index is 0.0221. The summed E-state index contributed by atoms with van der Waals surface area (Å²) in [6.45, 7) is 8.08. The predicted molar refractivity (Wildman–Crippen MR) is 163 cm³/mol. The fourth-order valence-corrected chi connectivity index (χ4v) is 7.19. The van der Waals surface area contributed by atoms with Crippen LogP contribution in [0.1, 0.15) is 25.7 Å². The number of nitrogens with zero attached hydrogens (tertiary/aromatic N) is 2. The van der Waals surface area contributed by atoms with Crippen LogP contribution in [-0.4, -0.2) is 27.1 Å². The second-order valence-corrected chi connectivity index (χ2v) is 11.6. The van der Waals surface area contributed by atoms with Crippen molar-refractivity contribution in [1.29, 1.82) is 0 Å². The summed E-state index contributed by atoms with van der Waals surface area (Å²) in [6.07, 6.45) is 4.70. The largest absolute Gasteiger partial charge is 0.481 e. The number of aliphatic carboxylic acids is 1. The molecule has 0 aliphatic heterocycles. The predicted octanol–water partition coefficient (Wildman–Crippen LogP) is 8.83. The molecule has 9 heteroatoms. The Morgan fingerprint density at radius 2 is 1.59 bits per heavy atom. The number of carbonyl (C=O) groups is 1. The highest BCUT2D eigenvalue weighted by Gasteiger charge is 2.47. The first-order valence-electron chi connectivity index (χ1n) is 14.6. The van der Waals surface area contributed by atoms with Gasteiger partial charge < -0.3 is 15.4 Å². The summed E-state index contributed by atoms with van der Waals surface area (Å²) in [5.41, 5.74) is 2.44. The zero-order valence-electron chi connectivity index (χ0n) is 23.4. The number of rotatable bonds is 6. The van der Waals surface area contributed by atoms with Crippen molar-refractivity contribution < 1.29 is 23.1 Å². The Bertz CT molecular complexity index is 1940. The minimum atomic E-state index is -0.936. The van der Waals surface area contributed by atoms with Crippen molar-refractivity contribution in [2.45, 2.75) is 31.7 Å². The normalized spacial score (nSPS) is 20.9. The standard InChI is InChI=1S/C35H27F3N4O2/c1-39-33-27(20-9-7-19(8-10-20)18-5-3-2-4-6-18)29(38)34(41-30-22-13-11-21(12-14-22)28(30)35(43)44)42-32(33)25-17-40-31-24(25)15-23(36)16-26(31)37/h2-10,15-17,21-22,28,30,40H,11-14H2,(H,41,42)(H,43,44). The van der Waals surface area contributed by atoms with Gasteiger partial charge in [0.05, 0.1) is 23.7 Å². The molecule has 2 heterocycles. The number of anilines is 1. The van der Waals surface area contributed by atoms with Gasteiger partial charge in [0.1, 0.15) is 11.6 Å². The van der Waals surface area contributed by atoms with Gasteiger partial charge in [0.15, 0.2) is 11.6 Å². The van der Waals surface area contributed by atoms with Crippen molar-refractivity contribution in [2.75, 3.05) is 5.32 Å². The third-order valence-corrected chi connectivity index (χ3v) is 9.27. The number of nitrogens with one attached hydrogen (secondary N) is 2. The van der Waals surface area contributed by atoms with Crippen molar-refractivity contribution >= 4 is 28.4 Å². The maximum Gasteiger partial charge on any atom is 0.308 e. The van der Waals surface area contributed by atoms with E-state index in [4.69, 9.17) is 6.57 Å². The average molecular weight is 593 g/mol. The van der Waals surface area contributed by atoms with Gasteiger partial charge in [0.2, 0.25) is 5.69 Å². The number of pyridine rings is 1. The van der Waals surface area contributed by atoms with Crippen LogP contribution >= 0.6 is 0 Å². The fourth-order valence-electron chi connectivity index (χ4n) is 7.19. The summed E-state index contributed by atoms with van der Waals surface area (Å²) in [6, 6.07) is 18.1. The molecule has 8 rings (SSSR count). The molecular weight excluding hydrogens is 565 g/mol. The minimum Gasteiger partial charge on any atom is -0.481 e. The summed E-state index contributed by atoms with van der Waals surface area (Å²) in [5, 5.41) is 13.4. The van der Waals surface area contributed by atoms with Crippen LogP contribution in [0.25, 0.3) is 49.3 Å². The molecule has 0 radical (unpaired) electrons. The Hall–Kier alpha value is -5.10. The van der Waals surface area contributed by atoms with Gasteiger partial charge in [0, 0.05) is 34.8 Å². The topological polar surface area (TPSA) is 82.4 Å². The molecule has 3 N–H and O–H groups in total. The van der Waals surface area contributed by atoms with Crippen LogP contribution in [0.2, 0.25) is 0 Å². The Labute approximate surface area is 251 Å². The van der Waals surface area contributed by atoms with Crippen LogP contribution in [0, 0.1) is 41.8 Å². The van der Waals surface area contributed by atoms with E-state index in [1.54, 1.807) is 12.1 Å². The molecule has 3 aromatic carbocycles. The lowest BCUT2D eigenvalue weighted by molar-refractivity contribution is -0.148. The highest BCUT2D eigenvalue weighted by molar-refractivity contribution is 6.01. The third kappa shape index (κ3) is 4.58. The molecule has 220 valence electrons. The Balaban J connectivity index is 1.43. The van der Waals surface area contributed by atoms with Gasteiger partial charge in [0.25, 0.3) is 0 Å². The number of H-pyrrole nitrogens is 1. The van der Waals surface area contributed by atoms with Gasteiger partial charge in [-0.15, -0.1) is 0 Å². The van der Waals surface area contributed by atoms with Crippen LogP contribution in [0.15, 0.2) is 72.9 Å². The van der Waals surface area contributed by atoms with E-state index in [9.17, 15) is 18.7 Å². The molecule has 0 amide bonds. The highest BCUT2D eigenvalue weighted by Crippen LogP contribution is 2.49. The molecule has 0 spiro atoms. The van der Waals surface area contributed by atoms with Crippen LogP contribution in [0.5, 0.6) is 0 Å². The maximum absolute atomic E-state index is 16.7. The van der Waals surface area contributed by atoms with Gasteiger partial charge in [-0.2, -0.15) is 0 Å². The van der Waals surface area contributed by atoms with Gasteiger partial charge in [-0.1, -0.05) is 54.6 Å². The number of hydrogen-bond donors (Lipinski definition) is 3. The average Bonchev–Trinajstić information content (AvgIpc) is 3.46. The molecule has 2 unspecified atom stereocenters. The molecule has 6 nitrogen and oxygen atoms in total. The lowest BCUT2D eigenvalue weighted by Crippen LogP contribution is -2.51. The Morgan fingerprint density at radius 1 is 0.932 bits per heavy atom. The van der Waals surface area contributed by atoms with Crippen molar-refractivity contribution in [3.05, 3.63) is 102 Å². The zero-order valence-corrected chi connectivity index (χ0v) is 23.4. The number of carboxylic acid groups (broad SMARTS) is 1. The molecule has 3 fully saturated rings. The molecule has 2 atom stereocenters. The quantitative estimate of drug-likeness (QED) is 0.172. The first kappa shape index (κ1) is 27.7. The molecule has 3 aliphatic carbocycles. The van der Waals surface area contributed by atoms with E-state index in [0.717, 1.165) is 48.9 Å². The Kier molecular flexibility index (Phi) is 6.85. The van der Waals surface area contributed by atoms with Crippen molar-refractivity contribution in [2.24, 2.45) is 17.8 Å². The molecule has 3 aliphatic rings. The van der Waals surface area contributed by atoms with Crippen LogP contribution in [0.4, 0.5) is 24.7 Å². The molecule has 44 heavy (non-hydrogen) atoms. The second kappa shape index (κ2) is 10.9. The zero-order chi connectivity index (χ0) is 30.5. The first-order valence-corrected chi connectivity index (χ1v) is 14.6. The SMILES string of the molecule is [C-]#[N+]c1c(-c2c[nH]c3c(F)cc(F)cc23)nc(NC2C3CCC(CC3)C2C(=O)O)c(F)c1-c1ccc(-c2ccccc2)cc1. The molecule has 2 bridgehead atoms. The van der Waals surface area contributed by atoms with Gasteiger partial charge in [-0.25, -0.2) is 23.0 Å². The number of halogens is 3. The number of benzene rings is 3. The summed E-state index contributed by atoms with van der Waals surface area (Å²) in [4.78, 5) is 23.4. The van der Waals surface area contributed by atoms with Gasteiger partial charge in [-0.05, 0) is 60.3 Å². The Morgan fingerprint density at radius 3 is 2.27 bits per heavy atom. The molecular formula is C35H27F3N4O2. The smallest absolute Gasteiger partial charge is 0.308 e. The monoisotopic (exact) mass is 592 g/mol. The van der Waals surface area contributed by atoms with E-state index < -0.39 is 35.4 Å². The van der Waals surface area contributed by atoms with Crippen molar-refractivity contribution in [3.63, 3.8) is 0 Å². The number of fused-ring (bicyclic) bond motifs is 4. The maximum atomic E-state index is 16.7. The fraction of sp³-hybridized carbons (Fsp3) is 0.229. The van der Waals surface area contributed by atoms with Gasteiger partial charge >= 0.3 is 5.97 Å². The lowest BCUT2D eigenvalue weighted by Gasteiger charge is -2.47. The van der Waals surface area contributed by atoms with E-state index in [1.165, 1.54) is 6.20 Å². The number of carboxylic acids is 1. The van der Waals surface area contributed by atoms with Crippen molar-refractivity contribution in [3.8, 4) is 33.5 Å². The van der Waals surface area contributed by atoms with E-state index in [-0.39, 0.29) is 51.1 Å². The summed E-state index contributed by atoms with van der Waals surface area (Å²) in [5.74, 6) is -4.23. The van der Waals surface area contributed by atoms with E-state index in [2.05, 4.69) is 20.1 Å². The molecule has 2 aromatic heterocycles. The summed E-state index contributed by atoms with van der Waals surface area (Å²) < 4.78 is 45.7. The molecule has 3 saturated carbocycles. The summed E-state index contributed by atoms with van der Waals surface area (Å²) in [7, 11) is 0. The number of aromatic amines is 1. The van der Waals surface area contributed by atoms with Crippen molar-refractivity contribution in [1.82, 2.24) is 9.97 Å². The molecule has 0 saturated heterocycles. The lowest BCUT2D eigenvalue weighted by atomic mass is 9.61. The van der Waals surface area contributed by atoms with Gasteiger partial charge in [-0.3, -0.25) is 4.79 Å². The van der Waals surface area contributed by atoms with Crippen LogP contribution in [-0.2, 0) is 4.79 Å². The van der Waals surface area contributed by atoms with Crippen LogP contribution < -0.4 is 5.32 Å². The molecule has 5 aromatic rings. The highest BCUT2D eigenvalue weighted by atomic mass is 19.1. The van der Waals surface area contributed by atoms with E-state index in [0.29, 0.717) is 5.56 Å². The second-order valence-electron chi connectivity index (χ2n) is 11.6. The van der Waals surface area contributed by atoms with E-state index >= 15 is 4.39 Å². The summed E-state index contributed by atoms with van der Waals surface area (Å²) >= 11 is 0. The third-order valence-electron chi connectivity index (χ3n) is 9.27.